The minimum absolute atomic E-state index is 0.653. The SMILES string of the molecule is O=C(O)C1(c2coc3cnccc23)CC1. The van der Waals surface area contributed by atoms with Gasteiger partial charge in [-0.15, -0.1) is 0 Å². The van der Waals surface area contributed by atoms with Gasteiger partial charge < -0.3 is 9.52 Å². The fourth-order valence-electron chi connectivity index (χ4n) is 1.98. The van der Waals surface area contributed by atoms with Gasteiger partial charge in [-0.2, -0.15) is 0 Å². The summed E-state index contributed by atoms with van der Waals surface area (Å²) in [6, 6.07) is 1.80. The highest BCUT2D eigenvalue weighted by molar-refractivity contribution is 5.92. The number of hydrogen-bond acceptors (Lipinski definition) is 3. The zero-order valence-corrected chi connectivity index (χ0v) is 7.93. The molecule has 0 radical (unpaired) electrons. The van der Waals surface area contributed by atoms with Gasteiger partial charge in [0.05, 0.1) is 17.9 Å². The third-order valence-electron chi connectivity index (χ3n) is 3.05. The second-order valence-corrected chi connectivity index (χ2v) is 3.91. The lowest BCUT2D eigenvalue weighted by atomic mass is 9.96. The highest BCUT2D eigenvalue weighted by atomic mass is 16.4. The molecule has 0 amide bonds. The lowest BCUT2D eigenvalue weighted by molar-refractivity contribution is -0.140. The van der Waals surface area contributed by atoms with Crippen molar-refractivity contribution in [3.8, 4) is 0 Å². The first-order valence-corrected chi connectivity index (χ1v) is 4.79. The van der Waals surface area contributed by atoms with Crippen molar-refractivity contribution in [3.05, 3.63) is 30.3 Å². The Bertz CT molecular complexity index is 540. The summed E-state index contributed by atoms with van der Waals surface area (Å²) in [6.07, 6.45) is 6.20. The highest BCUT2D eigenvalue weighted by Crippen LogP contribution is 2.50. The summed E-state index contributed by atoms with van der Waals surface area (Å²) in [5, 5.41) is 10.0. The van der Waals surface area contributed by atoms with E-state index < -0.39 is 11.4 Å². The molecular formula is C11H9NO3. The van der Waals surface area contributed by atoms with Crippen LogP contribution in [0.2, 0.25) is 0 Å². The van der Waals surface area contributed by atoms with Crippen LogP contribution in [0.15, 0.2) is 29.1 Å². The van der Waals surface area contributed by atoms with Gasteiger partial charge in [0.1, 0.15) is 0 Å². The van der Waals surface area contributed by atoms with E-state index in [0.29, 0.717) is 18.4 Å². The van der Waals surface area contributed by atoms with Crippen LogP contribution in [0.4, 0.5) is 0 Å². The normalized spacial score (nSPS) is 17.9. The van der Waals surface area contributed by atoms with Crippen LogP contribution in [-0.4, -0.2) is 16.1 Å². The van der Waals surface area contributed by atoms with Crippen LogP contribution >= 0.6 is 0 Å². The van der Waals surface area contributed by atoms with Gasteiger partial charge in [0.25, 0.3) is 0 Å². The van der Waals surface area contributed by atoms with Gasteiger partial charge in [-0.05, 0) is 18.9 Å². The second-order valence-electron chi connectivity index (χ2n) is 3.91. The average molecular weight is 203 g/mol. The zero-order valence-electron chi connectivity index (χ0n) is 7.93. The lowest BCUT2D eigenvalue weighted by Gasteiger charge is -2.06. The van der Waals surface area contributed by atoms with E-state index in [-0.39, 0.29) is 0 Å². The molecule has 0 spiro atoms. The van der Waals surface area contributed by atoms with Crippen molar-refractivity contribution in [2.24, 2.45) is 0 Å². The van der Waals surface area contributed by atoms with E-state index in [9.17, 15) is 9.90 Å². The Balaban J connectivity index is 2.24. The lowest BCUT2D eigenvalue weighted by Crippen LogP contribution is -2.18. The molecule has 0 aromatic carbocycles. The van der Waals surface area contributed by atoms with E-state index in [0.717, 1.165) is 10.9 Å². The number of aliphatic carboxylic acids is 1. The van der Waals surface area contributed by atoms with Crippen molar-refractivity contribution in [1.29, 1.82) is 0 Å². The second kappa shape index (κ2) is 2.59. The monoisotopic (exact) mass is 203 g/mol. The minimum Gasteiger partial charge on any atom is -0.481 e. The van der Waals surface area contributed by atoms with E-state index in [1.54, 1.807) is 24.7 Å². The van der Waals surface area contributed by atoms with Gasteiger partial charge >= 0.3 is 5.97 Å². The molecule has 2 aromatic heterocycles. The van der Waals surface area contributed by atoms with Crippen molar-refractivity contribution in [1.82, 2.24) is 4.98 Å². The molecule has 1 N–H and O–H groups in total. The van der Waals surface area contributed by atoms with Crippen molar-refractivity contribution in [3.63, 3.8) is 0 Å². The van der Waals surface area contributed by atoms with Crippen LogP contribution in [0, 0.1) is 0 Å². The van der Waals surface area contributed by atoms with Gasteiger partial charge in [-0.25, -0.2) is 0 Å². The first-order chi connectivity index (χ1) is 7.24. The smallest absolute Gasteiger partial charge is 0.314 e. The molecule has 0 saturated heterocycles. The Hall–Kier alpha value is -1.84. The van der Waals surface area contributed by atoms with Gasteiger partial charge in [0.2, 0.25) is 0 Å². The Morgan fingerprint density at radius 1 is 1.53 bits per heavy atom. The third kappa shape index (κ3) is 1.02. The highest BCUT2D eigenvalue weighted by Gasteiger charge is 2.53. The van der Waals surface area contributed by atoms with Crippen molar-refractivity contribution in [2.45, 2.75) is 18.3 Å². The van der Waals surface area contributed by atoms with Gasteiger partial charge in [-0.3, -0.25) is 9.78 Å². The molecule has 2 aromatic rings. The molecule has 3 rings (SSSR count). The van der Waals surface area contributed by atoms with Crippen LogP contribution in [0.25, 0.3) is 11.0 Å². The number of carbonyl (C=O) groups is 1. The Morgan fingerprint density at radius 3 is 3.00 bits per heavy atom. The van der Waals surface area contributed by atoms with Gasteiger partial charge in [0, 0.05) is 17.1 Å². The number of aromatic nitrogens is 1. The topological polar surface area (TPSA) is 63.3 Å². The van der Waals surface area contributed by atoms with Crippen LogP contribution in [0.3, 0.4) is 0 Å². The maximum Gasteiger partial charge on any atom is 0.314 e. The molecule has 0 bridgehead atoms. The molecule has 1 aliphatic rings. The molecule has 4 heteroatoms. The van der Waals surface area contributed by atoms with Crippen molar-refractivity contribution >= 4 is 16.9 Å². The number of hydrogen-bond donors (Lipinski definition) is 1. The number of furan rings is 1. The molecule has 1 saturated carbocycles. The molecule has 0 aliphatic heterocycles. The Morgan fingerprint density at radius 2 is 2.33 bits per heavy atom. The van der Waals surface area contributed by atoms with E-state index in [1.165, 1.54) is 0 Å². The minimum atomic E-state index is -0.762. The van der Waals surface area contributed by atoms with E-state index in [4.69, 9.17) is 4.42 Å². The maximum absolute atomic E-state index is 11.2. The standard InChI is InChI=1S/C11H9NO3/c13-10(14)11(2-3-11)8-6-15-9-5-12-4-1-7(8)9/h1,4-6H,2-3H2,(H,13,14). The predicted octanol–water partition coefficient (Wildman–Crippen LogP) is 1.94. The van der Waals surface area contributed by atoms with Crippen LogP contribution in [-0.2, 0) is 10.2 Å². The number of carboxylic acid groups (broad SMARTS) is 1. The summed E-state index contributed by atoms with van der Waals surface area (Å²) in [4.78, 5) is 15.1. The van der Waals surface area contributed by atoms with E-state index >= 15 is 0 Å². The number of fused-ring (bicyclic) bond motifs is 1. The molecule has 76 valence electrons. The number of nitrogens with zero attached hydrogens (tertiary/aromatic N) is 1. The number of rotatable bonds is 2. The average Bonchev–Trinajstić information content (AvgIpc) is 2.93. The fraction of sp³-hybridized carbons (Fsp3) is 0.273. The molecular weight excluding hydrogens is 194 g/mol. The molecule has 1 fully saturated rings. The van der Waals surface area contributed by atoms with E-state index in [1.807, 2.05) is 0 Å². The largest absolute Gasteiger partial charge is 0.481 e. The maximum atomic E-state index is 11.2. The van der Waals surface area contributed by atoms with Crippen LogP contribution in [0.5, 0.6) is 0 Å². The summed E-state index contributed by atoms with van der Waals surface area (Å²) < 4.78 is 5.30. The van der Waals surface area contributed by atoms with Crippen LogP contribution < -0.4 is 0 Å². The quantitative estimate of drug-likeness (QED) is 0.810. The zero-order chi connectivity index (χ0) is 10.5. The third-order valence-corrected chi connectivity index (χ3v) is 3.05. The molecule has 2 heterocycles. The molecule has 15 heavy (non-hydrogen) atoms. The summed E-state index contributed by atoms with van der Waals surface area (Å²) in [7, 11) is 0. The summed E-state index contributed by atoms with van der Waals surface area (Å²) >= 11 is 0. The molecule has 4 nitrogen and oxygen atoms in total. The van der Waals surface area contributed by atoms with Crippen molar-refractivity contribution < 1.29 is 14.3 Å². The molecule has 0 unspecified atom stereocenters. The Labute approximate surface area is 85.5 Å². The van der Waals surface area contributed by atoms with Crippen molar-refractivity contribution in [2.75, 3.05) is 0 Å². The summed E-state index contributed by atoms with van der Waals surface area (Å²) in [5.41, 5.74) is 0.736. The summed E-state index contributed by atoms with van der Waals surface area (Å²) in [5.74, 6) is -0.762. The fourth-order valence-corrected chi connectivity index (χ4v) is 1.98. The van der Waals surface area contributed by atoms with Crippen LogP contribution in [0.1, 0.15) is 18.4 Å². The first kappa shape index (κ1) is 8.47. The first-order valence-electron chi connectivity index (χ1n) is 4.79. The van der Waals surface area contributed by atoms with Gasteiger partial charge in [-0.1, -0.05) is 0 Å². The van der Waals surface area contributed by atoms with Gasteiger partial charge in [0.15, 0.2) is 5.58 Å². The molecule has 0 atom stereocenters. The summed E-state index contributed by atoms with van der Waals surface area (Å²) in [6.45, 7) is 0. The molecule has 1 aliphatic carbocycles. The number of pyridine rings is 1. The Kier molecular flexibility index (Phi) is 1.46. The van der Waals surface area contributed by atoms with E-state index in [2.05, 4.69) is 4.98 Å². The number of carboxylic acids is 1. The predicted molar refractivity (Wildman–Crippen MR) is 52.6 cm³/mol.